The van der Waals surface area contributed by atoms with E-state index in [9.17, 15) is 13.2 Å². The van der Waals surface area contributed by atoms with Gasteiger partial charge in [0.05, 0.1) is 19.3 Å². The van der Waals surface area contributed by atoms with Crippen molar-refractivity contribution in [1.82, 2.24) is 5.32 Å². The Kier molecular flexibility index (Phi) is 7.67. The first kappa shape index (κ1) is 14.6. The molecule has 0 spiro atoms. The first-order valence-electron chi connectivity index (χ1n) is 4.59. The van der Waals surface area contributed by atoms with Crippen LogP contribution in [0.3, 0.4) is 0 Å². The van der Waals surface area contributed by atoms with Crippen LogP contribution in [0.2, 0.25) is 0 Å². The first-order valence-corrected chi connectivity index (χ1v) is 4.59. The smallest absolute Gasteiger partial charge is 0.395 e. The normalized spacial score (nSPS) is 12.4. The third-order valence-electron chi connectivity index (χ3n) is 1.60. The molecule has 7 heteroatoms. The molecule has 0 aromatic heterocycles. The zero-order valence-electron chi connectivity index (χ0n) is 8.26. The maximum atomic E-state index is 11.6. The van der Waals surface area contributed by atoms with E-state index in [1.807, 2.05) is 0 Å². The summed E-state index contributed by atoms with van der Waals surface area (Å²) >= 11 is 0. The van der Waals surface area contributed by atoms with Gasteiger partial charge >= 0.3 is 6.18 Å². The van der Waals surface area contributed by atoms with Gasteiger partial charge in [-0.2, -0.15) is 13.2 Å². The Morgan fingerprint density at radius 3 is 2.27 bits per heavy atom. The molecule has 3 N–H and O–H groups in total. The summed E-state index contributed by atoms with van der Waals surface area (Å²) in [7, 11) is 0. The molecule has 0 heterocycles. The molecule has 0 radical (unpaired) electrons. The highest BCUT2D eigenvalue weighted by Crippen LogP contribution is 2.14. The van der Waals surface area contributed by atoms with Crippen molar-refractivity contribution in [2.75, 3.05) is 33.0 Å². The van der Waals surface area contributed by atoms with Gasteiger partial charge in [0, 0.05) is 6.61 Å². The topological polar surface area (TPSA) is 61.7 Å². The third-order valence-corrected chi connectivity index (χ3v) is 1.60. The van der Waals surface area contributed by atoms with Crippen LogP contribution >= 0.6 is 0 Å². The molecule has 0 atom stereocenters. The predicted octanol–water partition coefficient (Wildman–Crippen LogP) is -0.102. The molecule has 15 heavy (non-hydrogen) atoms. The van der Waals surface area contributed by atoms with E-state index in [4.69, 9.17) is 10.2 Å². The van der Waals surface area contributed by atoms with Crippen LogP contribution in [0.25, 0.3) is 0 Å². The highest BCUT2D eigenvalue weighted by atomic mass is 19.4. The van der Waals surface area contributed by atoms with Crippen LogP contribution < -0.4 is 5.32 Å². The van der Waals surface area contributed by atoms with Crippen molar-refractivity contribution in [3.05, 3.63) is 0 Å². The van der Waals surface area contributed by atoms with Crippen molar-refractivity contribution in [2.24, 2.45) is 0 Å². The number of hydrogen-bond donors (Lipinski definition) is 3. The molecule has 0 aromatic carbocycles. The minimum Gasteiger partial charge on any atom is -0.395 e. The lowest BCUT2D eigenvalue weighted by Gasteiger charge is -2.13. The summed E-state index contributed by atoms with van der Waals surface area (Å²) in [4.78, 5) is 0. The van der Waals surface area contributed by atoms with Crippen LogP contribution in [0.15, 0.2) is 0 Å². The zero-order chi connectivity index (χ0) is 11.7. The van der Waals surface area contributed by atoms with Crippen molar-refractivity contribution in [1.29, 1.82) is 0 Å². The van der Waals surface area contributed by atoms with Crippen molar-refractivity contribution < 1.29 is 28.1 Å². The lowest BCUT2D eigenvalue weighted by atomic mass is 10.3. The molecule has 0 aliphatic rings. The minimum absolute atomic E-state index is 0.00388. The molecule has 0 aliphatic heterocycles. The maximum absolute atomic E-state index is 11.6. The predicted molar refractivity (Wildman–Crippen MR) is 47.5 cm³/mol. The van der Waals surface area contributed by atoms with Gasteiger partial charge in [-0.1, -0.05) is 0 Å². The van der Waals surface area contributed by atoms with Gasteiger partial charge in [0.2, 0.25) is 0 Å². The first-order chi connectivity index (χ1) is 6.99. The van der Waals surface area contributed by atoms with Gasteiger partial charge in [0.1, 0.15) is 6.61 Å². The summed E-state index contributed by atoms with van der Waals surface area (Å²) < 4.78 is 39.1. The Morgan fingerprint density at radius 2 is 1.80 bits per heavy atom. The molecule has 0 aliphatic carbocycles. The fourth-order valence-corrected chi connectivity index (χ4v) is 0.855. The van der Waals surface area contributed by atoms with Crippen LogP contribution in [0, 0.1) is 0 Å². The Bertz CT molecular complexity index is 151. The summed E-state index contributed by atoms with van der Waals surface area (Å²) in [6.07, 6.45) is -3.89. The zero-order valence-corrected chi connectivity index (χ0v) is 8.26. The number of hydrogen-bond acceptors (Lipinski definition) is 4. The Morgan fingerprint density at radius 1 is 1.20 bits per heavy atom. The third kappa shape index (κ3) is 9.92. The maximum Gasteiger partial charge on any atom is 0.411 e. The van der Waals surface area contributed by atoms with E-state index in [-0.39, 0.29) is 19.8 Å². The molecular formula is C8H16F3NO3. The summed E-state index contributed by atoms with van der Waals surface area (Å²) in [6, 6.07) is -0.424. The van der Waals surface area contributed by atoms with Gasteiger partial charge in [-0.05, 0) is 13.0 Å². The fourth-order valence-electron chi connectivity index (χ4n) is 0.855. The molecule has 0 saturated carbocycles. The van der Waals surface area contributed by atoms with Crippen LogP contribution in [-0.4, -0.2) is 55.4 Å². The quantitative estimate of drug-likeness (QED) is 0.510. The van der Waals surface area contributed by atoms with Gasteiger partial charge in [-0.25, -0.2) is 0 Å². The number of aliphatic hydroxyl groups excluding tert-OH is 2. The van der Waals surface area contributed by atoms with Crippen LogP contribution in [-0.2, 0) is 4.74 Å². The van der Waals surface area contributed by atoms with Crippen LogP contribution in [0.1, 0.15) is 6.42 Å². The van der Waals surface area contributed by atoms with E-state index in [1.54, 1.807) is 0 Å². The number of halogens is 3. The monoisotopic (exact) mass is 231 g/mol. The van der Waals surface area contributed by atoms with E-state index in [0.717, 1.165) is 0 Å². The van der Waals surface area contributed by atoms with Gasteiger partial charge in [-0.3, -0.25) is 0 Å². The van der Waals surface area contributed by atoms with Crippen molar-refractivity contribution in [2.45, 2.75) is 18.6 Å². The average molecular weight is 231 g/mol. The molecule has 0 bridgehead atoms. The molecule has 0 amide bonds. The molecule has 4 nitrogen and oxygen atoms in total. The number of ether oxygens (including phenoxy) is 1. The minimum atomic E-state index is -4.29. The van der Waals surface area contributed by atoms with Crippen molar-refractivity contribution >= 4 is 0 Å². The highest BCUT2D eigenvalue weighted by molar-refractivity contribution is 4.62. The van der Waals surface area contributed by atoms with E-state index in [1.165, 1.54) is 0 Å². The number of alkyl halides is 3. The molecule has 0 rings (SSSR count). The second-order valence-corrected chi connectivity index (χ2v) is 3.04. The summed E-state index contributed by atoms with van der Waals surface area (Å²) in [5, 5.41) is 20.0. The SMILES string of the molecule is OCC(CO)NCCCOCC(F)(F)F. The van der Waals surface area contributed by atoms with Gasteiger partial charge in [0.15, 0.2) is 0 Å². The van der Waals surface area contributed by atoms with Crippen molar-refractivity contribution in [3.63, 3.8) is 0 Å². The summed E-state index contributed by atoms with van der Waals surface area (Å²) in [5.41, 5.74) is 0. The second-order valence-electron chi connectivity index (χ2n) is 3.04. The van der Waals surface area contributed by atoms with Gasteiger partial charge < -0.3 is 20.3 Å². The lowest BCUT2D eigenvalue weighted by Crippen LogP contribution is -2.36. The standard InChI is InChI=1S/C8H16F3NO3/c9-8(10,11)6-15-3-1-2-12-7(4-13)5-14/h7,12-14H,1-6H2. The van der Waals surface area contributed by atoms with Gasteiger partial charge in [0.25, 0.3) is 0 Å². The largest absolute Gasteiger partial charge is 0.411 e. The molecule has 92 valence electrons. The molecule has 0 unspecified atom stereocenters. The second kappa shape index (κ2) is 7.86. The molecule has 0 fully saturated rings. The molecular weight excluding hydrogens is 215 g/mol. The van der Waals surface area contributed by atoms with E-state index >= 15 is 0 Å². The van der Waals surface area contributed by atoms with Crippen LogP contribution in [0.5, 0.6) is 0 Å². The Balaban J connectivity index is 3.25. The lowest BCUT2D eigenvalue weighted by molar-refractivity contribution is -0.173. The molecule has 0 aromatic rings. The van der Waals surface area contributed by atoms with E-state index in [2.05, 4.69) is 10.1 Å². The Labute approximate surface area is 86.0 Å². The fraction of sp³-hybridized carbons (Fsp3) is 1.00. The Hall–Kier alpha value is -0.370. The number of nitrogens with one attached hydrogen (secondary N) is 1. The highest BCUT2D eigenvalue weighted by Gasteiger charge is 2.27. The average Bonchev–Trinajstić information content (AvgIpc) is 2.15. The van der Waals surface area contributed by atoms with E-state index < -0.39 is 18.8 Å². The van der Waals surface area contributed by atoms with Gasteiger partial charge in [-0.15, -0.1) is 0 Å². The van der Waals surface area contributed by atoms with E-state index in [0.29, 0.717) is 13.0 Å². The number of aliphatic hydroxyl groups is 2. The van der Waals surface area contributed by atoms with Crippen LogP contribution in [0.4, 0.5) is 13.2 Å². The summed E-state index contributed by atoms with van der Waals surface area (Å²) in [5.74, 6) is 0. The van der Waals surface area contributed by atoms with Crippen molar-refractivity contribution in [3.8, 4) is 0 Å². The molecule has 0 saturated heterocycles. The summed E-state index contributed by atoms with van der Waals surface area (Å²) in [6.45, 7) is -1.27. The number of rotatable bonds is 8.